The van der Waals surface area contributed by atoms with Gasteiger partial charge in [-0.05, 0) is 17.5 Å². The van der Waals surface area contributed by atoms with E-state index >= 15 is 0 Å². The van der Waals surface area contributed by atoms with Crippen molar-refractivity contribution in [2.24, 2.45) is 0 Å². The normalized spacial score (nSPS) is 27.1. The average molecular weight is 326 g/mol. The van der Waals surface area contributed by atoms with Crippen molar-refractivity contribution < 1.29 is 10.2 Å². The average Bonchev–Trinajstić information content (AvgIpc) is 2.62. The molecule has 1 aliphatic rings. The molecule has 0 heterocycles. The van der Waals surface area contributed by atoms with E-state index in [1.807, 2.05) is 36.4 Å². The maximum absolute atomic E-state index is 10.3. The van der Waals surface area contributed by atoms with Gasteiger partial charge in [0, 0.05) is 31.6 Å². The molecular weight excluding hydrogens is 300 g/mol. The molecule has 0 unspecified atom stereocenters. The van der Waals surface area contributed by atoms with Crippen LogP contribution >= 0.6 is 0 Å². The molecule has 2 aromatic carbocycles. The Morgan fingerprint density at radius 2 is 1.08 bits per heavy atom. The summed E-state index contributed by atoms with van der Waals surface area (Å²) in [6, 6.07) is 20.3. The molecule has 1 fully saturated rings. The summed E-state index contributed by atoms with van der Waals surface area (Å²) >= 11 is 0. The SMILES string of the molecule is O[C@H]1C[C@H](O)[C@@H](NCc2ccccc2)C[C@@H]1NCc1ccccc1. The maximum Gasteiger partial charge on any atom is 0.0719 e. The topological polar surface area (TPSA) is 64.5 Å². The molecule has 2 aromatic rings. The number of hydrogen-bond acceptors (Lipinski definition) is 4. The lowest BCUT2D eigenvalue weighted by molar-refractivity contribution is -0.00520. The second-order valence-corrected chi connectivity index (χ2v) is 6.55. The van der Waals surface area contributed by atoms with Gasteiger partial charge in [0.25, 0.3) is 0 Å². The molecule has 1 aliphatic carbocycles. The zero-order valence-electron chi connectivity index (χ0n) is 13.8. The highest BCUT2D eigenvalue weighted by molar-refractivity contribution is 5.15. The molecule has 0 bridgehead atoms. The van der Waals surface area contributed by atoms with Crippen LogP contribution in [-0.4, -0.2) is 34.5 Å². The van der Waals surface area contributed by atoms with Gasteiger partial charge < -0.3 is 20.8 Å². The molecule has 0 radical (unpaired) electrons. The van der Waals surface area contributed by atoms with Crippen LogP contribution < -0.4 is 10.6 Å². The largest absolute Gasteiger partial charge is 0.391 e. The van der Waals surface area contributed by atoms with Gasteiger partial charge in [-0.2, -0.15) is 0 Å². The van der Waals surface area contributed by atoms with Gasteiger partial charge in [-0.1, -0.05) is 60.7 Å². The molecule has 128 valence electrons. The van der Waals surface area contributed by atoms with Crippen molar-refractivity contribution in [2.75, 3.05) is 0 Å². The Labute approximate surface area is 143 Å². The van der Waals surface area contributed by atoms with E-state index in [1.54, 1.807) is 0 Å². The third-order valence-electron chi connectivity index (χ3n) is 4.74. The van der Waals surface area contributed by atoms with Crippen molar-refractivity contribution in [2.45, 2.75) is 50.2 Å². The minimum atomic E-state index is -0.515. The first kappa shape index (κ1) is 17.1. The number of benzene rings is 2. The fourth-order valence-corrected chi connectivity index (χ4v) is 3.29. The molecule has 0 spiro atoms. The molecule has 0 saturated heterocycles. The van der Waals surface area contributed by atoms with Crippen molar-refractivity contribution in [1.82, 2.24) is 10.6 Å². The van der Waals surface area contributed by atoms with Gasteiger partial charge >= 0.3 is 0 Å². The summed E-state index contributed by atoms with van der Waals surface area (Å²) in [6.45, 7) is 1.45. The molecule has 3 rings (SSSR count). The van der Waals surface area contributed by atoms with Gasteiger partial charge in [0.2, 0.25) is 0 Å². The lowest BCUT2D eigenvalue weighted by Crippen LogP contribution is -2.55. The monoisotopic (exact) mass is 326 g/mol. The fraction of sp³-hybridized carbons (Fsp3) is 0.400. The van der Waals surface area contributed by atoms with E-state index in [1.165, 1.54) is 11.1 Å². The zero-order valence-corrected chi connectivity index (χ0v) is 13.8. The predicted octanol–water partition coefficient (Wildman–Crippen LogP) is 1.82. The Balaban J connectivity index is 1.53. The van der Waals surface area contributed by atoms with Crippen LogP contribution in [0, 0.1) is 0 Å². The molecule has 4 heteroatoms. The Morgan fingerprint density at radius 1 is 0.667 bits per heavy atom. The lowest BCUT2D eigenvalue weighted by Gasteiger charge is -2.38. The minimum Gasteiger partial charge on any atom is -0.391 e. The highest BCUT2D eigenvalue weighted by Crippen LogP contribution is 2.21. The van der Waals surface area contributed by atoms with Crippen molar-refractivity contribution in [3.05, 3.63) is 71.8 Å². The molecule has 0 aliphatic heterocycles. The number of aliphatic hydroxyl groups excluding tert-OH is 2. The van der Waals surface area contributed by atoms with Crippen LogP contribution in [0.2, 0.25) is 0 Å². The molecule has 4 atom stereocenters. The number of hydrogen-bond donors (Lipinski definition) is 4. The smallest absolute Gasteiger partial charge is 0.0719 e. The van der Waals surface area contributed by atoms with E-state index in [0.29, 0.717) is 12.8 Å². The number of aliphatic hydroxyl groups is 2. The van der Waals surface area contributed by atoms with E-state index < -0.39 is 12.2 Å². The van der Waals surface area contributed by atoms with Crippen molar-refractivity contribution in [1.29, 1.82) is 0 Å². The summed E-state index contributed by atoms with van der Waals surface area (Å²) in [5, 5.41) is 27.4. The second-order valence-electron chi connectivity index (χ2n) is 6.55. The molecule has 1 saturated carbocycles. The molecule has 0 aromatic heterocycles. The van der Waals surface area contributed by atoms with E-state index in [-0.39, 0.29) is 12.1 Å². The number of rotatable bonds is 6. The number of nitrogens with one attached hydrogen (secondary N) is 2. The van der Waals surface area contributed by atoms with E-state index in [9.17, 15) is 10.2 Å². The maximum atomic E-state index is 10.3. The van der Waals surface area contributed by atoms with Crippen LogP contribution in [0.1, 0.15) is 24.0 Å². The Bertz CT molecular complexity index is 552. The van der Waals surface area contributed by atoms with Gasteiger partial charge in [-0.25, -0.2) is 0 Å². The quantitative estimate of drug-likeness (QED) is 0.654. The third kappa shape index (κ3) is 4.65. The first-order valence-electron chi connectivity index (χ1n) is 8.63. The van der Waals surface area contributed by atoms with Crippen LogP contribution in [0.15, 0.2) is 60.7 Å². The summed E-state index contributed by atoms with van der Waals surface area (Å²) in [6.07, 6.45) is 0.0814. The van der Waals surface area contributed by atoms with Crippen molar-refractivity contribution in [3.63, 3.8) is 0 Å². The van der Waals surface area contributed by atoms with Gasteiger partial charge in [0.15, 0.2) is 0 Å². The van der Waals surface area contributed by atoms with Gasteiger partial charge in [0.05, 0.1) is 12.2 Å². The summed E-state index contributed by atoms with van der Waals surface area (Å²) in [5.41, 5.74) is 2.40. The molecule has 4 nitrogen and oxygen atoms in total. The van der Waals surface area contributed by atoms with Gasteiger partial charge in [0.1, 0.15) is 0 Å². The molecule has 0 amide bonds. The van der Waals surface area contributed by atoms with Gasteiger partial charge in [-0.3, -0.25) is 0 Å². The summed E-state index contributed by atoms with van der Waals surface area (Å²) < 4.78 is 0. The van der Waals surface area contributed by atoms with Crippen LogP contribution in [0.5, 0.6) is 0 Å². The van der Waals surface area contributed by atoms with E-state index in [4.69, 9.17) is 0 Å². The van der Waals surface area contributed by atoms with E-state index in [0.717, 1.165) is 13.1 Å². The molecular formula is C20H26N2O2. The van der Waals surface area contributed by atoms with Gasteiger partial charge in [-0.15, -0.1) is 0 Å². The van der Waals surface area contributed by atoms with Crippen LogP contribution in [0.4, 0.5) is 0 Å². The predicted molar refractivity (Wildman–Crippen MR) is 95.4 cm³/mol. The first-order valence-corrected chi connectivity index (χ1v) is 8.63. The second kappa shape index (κ2) is 8.40. The minimum absolute atomic E-state index is 0.0121. The van der Waals surface area contributed by atoms with Crippen molar-refractivity contribution in [3.8, 4) is 0 Å². The van der Waals surface area contributed by atoms with E-state index in [2.05, 4.69) is 34.9 Å². The lowest BCUT2D eigenvalue weighted by atomic mass is 9.86. The summed E-state index contributed by atoms with van der Waals surface area (Å²) in [5.74, 6) is 0. The van der Waals surface area contributed by atoms with Crippen LogP contribution in [-0.2, 0) is 13.1 Å². The standard InChI is InChI=1S/C20H26N2O2/c23-19-12-20(24)18(22-14-16-9-5-2-6-10-16)11-17(19)21-13-15-7-3-1-4-8-15/h1-10,17-24H,11-14H2/t17-,18-,19-,20-/m0/s1. The summed E-state index contributed by atoms with van der Waals surface area (Å²) in [4.78, 5) is 0. The van der Waals surface area contributed by atoms with Crippen LogP contribution in [0.3, 0.4) is 0 Å². The Hall–Kier alpha value is -1.72. The summed E-state index contributed by atoms with van der Waals surface area (Å²) in [7, 11) is 0. The Morgan fingerprint density at radius 3 is 1.50 bits per heavy atom. The Kier molecular flexibility index (Phi) is 5.99. The fourth-order valence-electron chi connectivity index (χ4n) is 3.29. The van der Waals surface area contributed by atoms with Crippen molar-refractivity contribution >= 4 is 0 Å². The van der Waals surface area contributed by atoms with Crippen LogP contribution in [0.25, 0.3) is 0 Å². The molecule has 24 heavy (non-hydrogen) atoms. The highest BCUT2D eigenvalue weighted by atomic mass is 16.3. The zero-order chi connectivity index (χ0) is 16.8. The molecule has 4 N–H and O–H groups in total. The highest BCUT2D eigenvalue weighted by Gasteiger charge is 2.34. The first-order chi connectivity index (χ1) is 11.7. The third-order valence-corrected chi connectivity index (χ3v) is 4.74.